The molecule has 0 aromatic heterocycles. The molecule has 0 nitrogen and oxygen atoms in total. The van der Waals surface area contributed by atoms with Crippen LogP contribution in [0.15, 0.2) is 24.3 Å². The van der Waals surface area contributed by atoms with Crippen molar-refractivity contribution in [1.29, 1.82) is 0 Å². The van der Waals surface area contributed by atoms with Gasteiger partial charge in [0.25, 0.3) is 0 Å². The van der Waals surface area contributed by atoms with E-state index < -0.39 is 28.5 Å². The summed E-state index contributed by atoms with van der Waals surface area (Å²) in [7, 11) is -3.42. The van der Waals surface area contributed by atoms with Crippen molar-refractivity contribution < 1.29 is 8.78 Å². The smallest absolute Gasteiger partial charge is 0.138 e. The van der Waals surface area contributed by atoms with Crippen molar-refractivity contribution in [3.8, 4) is 22.9 Å². The lowest BCUT2D eigenvalue weighted by Crippen LogP contribution is -2.29. The van der Waals surface area contributed by atoms with Crippen molar-refractivity contribution in [2.45, 2.75) is 116 Å². The standard InChI is InChI=1S/C36H44F2Si2/c1-7-39(8-2,9-3)15-13-31-33-21-25-17-29(37)19-27(25)23-35(33)32(14-16-40(10-4,11-5)12-6)36-24-28-20-30(38)18-26(28)22-34(31)36/h21-24,29-30H,7-12,17-20H2,1-6H3. The van der Waals surface area contributed by atoms with E-state index in [0.29, 0.717) is 25.7 Å². The van der Waals surface area contributed by atoms with E-state index in [4.69, 9.17) is 0 Å². The Morgan fingerprint density at radius 2 is 0.775 bits per heavy atom. The van der Waals surface area contributed by atoms with E-state index in [2.05, 4.69) is 88.7 Å². The molecule has 0 aliphatic heterocycles. The molecule has 3 aromatic rings. The molecule has 0 N–H and O–H groups in total. The maximum atomic E-state index is 14.6. The molecule has 0 saturated heterocycles. The topological polar surface area (TPSA) is 0 Å². The monoisotopic (exact) mass is 570 g/mol. The minimum atomic E-state index is -1.71. The Hall–Kier alpha value is -2.41. The molecule has 2 aliphatic rings. The van der Waals surface area contributed by atoms with Crippen LogP contribution >= 0.6 is 0 Å². The predicted octanol–water partition coefficient (Wildman–Crippen LogP) is 9.66. The molecule has 0 fully saturated rings. The third-order valence-corrected chi connectivity index (χ3v) is 19.9. The molecule has 0 unspecified atom stereocenters. The number of rotatable bonds is 6. The summed E-state index contributed by atoms with van der Waals surface area (Å²) in [6, 6.07) is 15.7. The van der Waals surface area contributed by atoms with Crippen LogP contribution in [0.25, 0.3) is 21.5 Å². The van der Waals surface area contributed by atoms with Gasteiger partial charge in [0.05, 0.1) is 0 Å². The molecule has 210 valence electrons. The van der Waals surface area contributed by atoms with Gasteiger partial charge in [-0.2, -0.15) is 0 Å². The molecule has 0 radical (unpaired) electrons. The normalized spacial score (nSPS) is 15.6. The summed E-state index contributed by atoms with van der Waals surface area (Å²) in [5.41, 5.74) is 14.2. The Balaban J connectivity index is 1.91. The highest BCUT2D eigenvalue weighted by atomic mass is 28.3. The molecule has 0 spiro atoms. The number of fused-ring (bicyclic) bond motifs is 4. The molecule has 0 amide bonds. The molecule has 0 atom stereocenters. The first-order chi connectivity index (χ1) is 19.2. The van der Waals surface area contributed by atoms with Crippen molar-refractivity contribution in [3.05, 3.63) is 57.6 Å². The van der Waals surface area contributed by atoms with Crippen molar-refractivity contribution in [1.82, 2.24) is 0 Å². The van der Waals surface area contributed by atoms with Crippen LogP contribution < -0.4 is 0 Å². The molecular weight excluding hydrogens is 527 g/mol. The minimum absolute atomic E-state index is 0.472. The van der Waals surface area contributed by atoms with Crippen LogP contribution in [0.3, 0.4) is 0 Å². The first kappa shape index (κ1) is 29.1. The Kier molecular flexibility index (Phi) is 8.34. The highest BCUT2D eigenvalue weighted by molar-refractivity contribution is 6.87. The van der Waals surface area contributed by atoms with E-state index in [9.17, 15) is 8.78 Å². The molecule has 40 heavy (non-hydrogen) atoms. The highest BCUT2D eigenvalue weighted by Gasteiger charge is 2.29. The van der Waals surface area contributed by atoms with Gasteiger partial charge in [-0.25, -0.2) is 8.78 Å². The lowest BCUT2D eigenvalue weighted by Gasteiger charge is -2.21. The number of hydrogen-bond donors (Lipinski definition) is 0. The average molecular weight is 571 g/mol. The fraction of sp³-hybridized carbons (Fsp3) is 0.500. The maximum Gasteiger partial charge on any atom is 0.138 e. The molecule has 3 aromatic carbocycles. The molecule has 4 heteroatoms. The lowest BCUT2D eigenvalue weighted by molar-refractivity contribution is 0.348. The van der Waals surface area contributed by atoms with E-state index in [-0.39, 0.29) is 0 Å². The summed E-state index contributed by atoms with van der Waals surface area (Å²) in [6.45, 7) is 13.7. The first-order valence-electron chi connectivity index (χ1n) is 15.7. The van der Waals surface area contributed by atoms with Gasteiger partial charge in [-0.1, -0.05) is 53.4 Å². The van der Waals surface area contributed by atoms with Crippen molar-refractivity contribution in [2.75, 3.05) is 0 Å². The predicted molar refractivity (Wildman–Crippen MR) is 174 cm³/mol. The fourth-order valence-electron chi connectivity index (χ4n) is 7.04. The molecule has 0 bridgehead atoms. The molecule has 0 heterocycles. The van der Waals surface area contributed by atoms with Crippen molar-refractivity contribution in [3.63, 3.8) is 0 Å². The number of benzene rings is 3. The Labute approximate surface area is 242 Å². The van der Waals surface area contributed by atoms with E-state index in [1.807, 2.05) is 0 Å². The van der Waals surface area contributed by atoms with Gasteiger partial charge in [0, 0.05) is 36.8 Å². The summed E-state index contributed by atoms with van der Waals surface area (Å²) < 4.78 is 29.3. The number of alkyl halides is 2. The zero-order valence-corrected chi connectivity index (χ0v) is 27.3. The summed E-state index contributed by atoms with van der Waals surface area (Å²) in [5.74, 6) is 7.49. The lowest BCUT2D eigenvalue weighted by atomic mass is 9.88. The highest BCUT2D eigenvalue weighted by Crippen LogP contribution is 2.40. The van der Waals surface area contributed by atoms with Crippen LogP contribution in [0.2, 0.25) is 36.3 Å². The first-order valence-corrected chi connectivity index (χ1v) is 20.9. The van der Waals surface area contributed by atoms with E-state index in [1.165, 1.54) is 0 Å². The van der Waals surface area contributed by atoms with Gasteiger partial charge in [-0.05, 0) is 104 Å². The van der Waals surface area contributed by atoms with E-state index in [1.54, 1.807) is 0 Å². The Bertz CT molecular complexity index is 1360. The maximum absolute atomic E-state index is 14.6. The number of hydrogen-bond acceptors (Lipinski definition) is 0. The van der Waals surface area contributed by atoms with Crippen LogP contribution in [0.1, 0.15) is 74.9 Å². The number of halogens is 2. The third kappa shape index (κ3) is 5.08. The minimum Gasteiger partial charge on any atom is -0.247 e. The second-order valence-corrected chi connectivity index (χ2v) is 22.1. The summed E-state index contributed by atoms with van der Waals surface area (Å²) in [6.07, 6.45) is 0.243. The molecular formula is C36H44F2Si2. The summed E-state index contributed by atoms with van der Waals surface area (Å²) in [5, 5.41) is 4.43. The zero-order chi connectivity index (χ0) is 28.7. The van der Waals surface area contributed by atoms with Gasteiger partial charge < -0.3 is 0 Å². The second-order valence-electron chi connectivity index (χ2n) is 12.3. The van der Waals surface area contributed by atoms with Gasteiger partial charge in [0.1, 0.15) is 28.5 Å². The quantitative estimate of drug-likeness (QED) is 0.157. The SMILES string of the molecule is CC[Si](C#Cc1c2cc3c(cc2c(C#C[Si](CC)(CC)CC)c2cc4c(cc12)CC(F)C4)CC(F)C3)(CC)CC. The van der Waals surface area contributed by atoms with Crippen LogP contribution in [-0.2, 0) is 25.7 Å². The molecule has 5 rings (SSSR count). The zero-order valence-electron chi connectivity index (χ0n) is 25.3. The summed E-state index contributed by atoms with van der Waals surface area (Å²) in [4.78, 5) is 0. The molecule has 2 aliphatic carbocycles. The van der Waals surface area contributed by atoms with Gasteiger partial charge >= 0.3 is 0 Å². The van der Waals surface area contributed by atoms with Crippen molar-refractivity contribution >= 4 is 37.7 Å². The third-order valence-electron chi connectivity index (χ3n) is 10.5. The Morgan fingerprint density at radius 1 is 0.525 bits per heavy atom. The van der Waals surface area contributed by atoms with Crippen LogP contribution in [-0.4, -0.2) is 28.5 Å². The van der Waals surface area contributed by atoms with Crippen molar-refractivity contribution in [2.24, 2.45) is 0 Å². The van der Waals surface area contributed by atoms with Gasteiger partial charge in [0.15, 0.2) is 0 Å². The summed E-state index contributed by atoms with van der Waals surface area (Å²) >= 11 is 0. The average Bonchev–Trinajstić information content (AvgIpc) is 3.52. The fourth-order valence-corrected chi connectivity index (χ4v) is 11.9. The van der Waals surface area contributed by atoms with E-state index >= 15 is 0 Å². The second kappa shape index (κ2) is 11.5. The Morgan fingerprint density at radius 3 is 1.00 bits per heavy atom. The van der Waals surface area contributed by atoms with Gasteiger partial charge in [-0.15, -0.1) is 11.1 Å². The largest absolute Gasteiger partial charge is 0.247 e. The van der Waals surface area contributed by atoms with Crippen LogP contribution in [0.5, 0.6) is 0 Å². The van der Waals surface area contributed by atoms with Gasteiger partial charge in [0.2, 0.25) is 0 Å². The van der Waals surface area contributed by atoms with Crippen LogP contribution in [0, 0.1) is 22.9 Å². The van der Waals surface area contributed by atoms with E-state index in [0.717, 1.165) is 91.2 Å². The molecule has 0 saturated carbocycles. The van der Waals surface area contributed by atoms with Gasteiger partial charge in [-0.3, -0.25) is 0 Å². The van der Waals surface area contributed by atoms with Crippen LogP contribution in [0.4, 0.5) is 8.78 Å².